The van der Waals surface area contributed by atoms with Crippen molar-refractivity contribution >= 4 is 17.6 Å². The highest BCUT2D eigenvalue weighted by atomic mass is 19.1. The zero-order valence-electron chi connectivity index (χ0n) is 13.0. The Labute approximate surface area is 134 Å². The third kappa shape index (κ3) is 2.57. The van der Waals surface area contributed by atoms with Crippen LogP contribution in [0.3, 0.4) is 0 Å². The van der Waals surface area contributed by atoms with Crippen LogP contribution in [0.4, 0.5) is 15.8 Å². The molecule has 2 aromatic rings. The standard InChI is InChI=1S/C18H18FN3O/c1-12-2-4-16(22-8-6-20-7-9-22)14-11-21-15-10-13(19)3-5-17(15)23-18(12)14/h2-5,10-11,20H,6-9H2,1H3. The van der Waals surface area contributed by atoms with Gasteiger partial charge in [-0.3, -0.25) is 4.99 Å². The van der Waals surface area contributed by atoms with Gasteiger partial charge in [-0.2, -0.15) is 0 Å². The number of aryl methyl sites for hydroxylation is 1. The van der Waals surface area contributed by atoms with Gasteiger partial charge in [-0.05, 0) is 30.7 Å². The van der Waals surface area contributed by atoms with Crippen LogP contribution < -0.4 is 15.0 Å². The molecule has 4 nitrogen and oxygen atoms in total. The number of piperazine rings is 1. The van der Waals surface area contributed by atoms with Crippen molar-refractivity contribution in [1.29, 1.82) is 0 Å². The van der Waals surface area contributed by atoms with Crippen LogP contribution in [-0.4, -0.2) is 32.4 Å². The van der Waals surface area contributed by atoms with Crippen LogP contribution in [0, 0.1) is 12.7 Å². The molecule has 0 aromatic heterocycles. The molecule has 1 saturated heterocycles. The summed E-state index contributed by atoms with van der Waals surface area (Å²) in [6.07, 6.45) is 1.80. The lowest BCUT2D eigenvalue weighted by Gasteiger charge is -2.31. The van der Waals surface area contributed by atoms with Gasteiger partial charge >= 0.3 is 0 Å². The van der Waals surface area contributed by atoms with Crippen LogP contribution >= 0.6 is 0 Å². The quantitative estimate of drug-likeness (QED) is 0.748. The summed E-state index contributed by atoms with van der Waals surface area (Å²) in [5.74, 6) is 1.08. The lowest BCUT2D eigenvalue weighted by molar-refractivity contribution is 0.478. The maximum Gasteiger partial charge on any atom is 0.153 e. The van der Waals surface area contributed by atoms with E-state index in [4.69, 9.17) is 4.74 Å². The molecule has 0 saturated carbocycles. The fourth-order valence-electron chi connectivity index (χ4n) is 3.06. The summed E-state index contributed by atoms with van der Waals surface area (Å²) in [6.45, 7) is 5.84. The number of hydrogen-bond acceptors (Lipinski definition) is 4. The average molecular weight is 311 g/mol. The molecule has 0 atom stereocenters. The maximum atomic E-state index is 13.5. The number of hydrogen-bond donors (Lipinski definition) is 1. The van der Waals surface area contributed by atoms with Gasteiger partial charge in [0.1, 0.15) is 17.3 Å². The van der Waals surface area contributed by atoms with Gasteiger partial charge in [-0.25, -0.2) is 4.39 Å². The van der Waals surface area contributed by atoms with E-state index in [1.165, 1.54) is 12.1 Å². The first-order chi connectivity index (χ1) is 11.2. The third-order valence-corrected chi connectivity index (χ3v) is 4.29. The van der Waals surface area contributed by atoms with Gasteiger partial charge in [0.05, 0.1) is 5.56 Å². The molecule has 4 rings (SSSR count). The highest BCUT2D eigenvalue weighted by Crippen LogP contribution is 2.41. The summed E-state index contributed by atoms with van der Waals surface area (Å²) in [5, 5.41) is 3.36. The van der Waals surface area contributed by atoms with Crippen molar-refractivity contribution in [1.82, 2.24) is 5.32 Å². The Morgan fingerprint density at radius 1 is 1.17 bits per heavy atom. The second-order valence-corrected chi connectivity index (χ2v) is 5.85. The zero-order chi connectivity index (χ0) is 15.8. The van der Waals surface area contributed by atoms with Gasteiger partial charge in [0, 0.05) is 44.1 Å². The third-order valence-electron chi connectivity index (χ3n) is 4.29. The van der Waals surface area contributed by atoms with Crippen molar-refractivity contribution in [2.45, 2.75) is 6.92 Å². The van der Waals surface area contributed by atoms with Crippen molar-refractivity contribution in [2.75, 3.05) is 31.1 Å². The number of benzene rings is 2. The highest BCUT2D eigenvalue weighted by Gasteiger charge is 2.21. The number of aliphatic imine (C=N–C) groups is 1. The SMILES string of the molecule is Cc1ccc(N2CCNCC2)c2c1Oc1ccc(F)cc1N=C2. The normalized spacial score (nSPS) is 16.3. The number of anilines is 1. The first-order valence-corrected chi connectivity index (χ1v) is 7.83. The molecule has 23 heavy (non-hydrogen) atoms. The van der Waals surface area contributed by atoms with Gasteiger partial charge in [-0.1, -0.05) is 6.07 Å². The smallest absolute Gasteiger partial charge is 0.153 e. The van der Waals surface area contributed by atoms with Crippen LogP contribution in [0.2, 0.25) is 0 Å². The van der Waals surface area contributed by atoms with Crippen molar-refractivity contribution in [2.24, 2.45) is 4.99 Å². The van der Waals surface area contributed by atoms with E-state index in [0.29, 0.717) is 11.4 Å². The predicted molar refractivity (Wildman–Crippen MR) is 90.0 cm³/mol. The molecule has 0 spiro atoms. The Balaban J connectivity index is 1.83. The van der Waals surface area contributed by atoms with Crippen LogP contribution in [-0.2, 0) is 0 Å². The van der Waals surface area contributed by atoms with Crippen LogP contribution in [0.1, 0.15) is 11.1 Å². The molecule has 0 aliphatic carbocycles. The van der Waals surface area contributed by atoms with Gasteiger partial charge in [-0.15, -0.1) is 0 Å². The second-order valence-electron chi connectivity index (χ2n) is 5.85. The Morgan fingerprint density at radius 2 is 2.00 bits per heavy atom. The lowest BCUT2D eigenvalue weighted by atomic mass is 10.1. The van der Waals surface area contributed by atoms with E-state index in [9.17, 15) is 4.39 Å². The van der Waals surface area contributed by atoms with E-state index in [2.05, 4.69) is 27.3 Å². The fourth-order valence-corrected chi connectivity index (χ4v) is 3.06. The molecule has 118 valence electrons. The Bertz CT molecular complexity index is 782. The molecular weight excluding hydrogens is 293 g/mol. The molecule has 5 heteroatoms. The zero-order valence-corrected chi connectivity index (χ0v) is 13.0. The van der Waals surface area contributed by atoms with E-state index in [1.54, 1.807) is 12.3 Å². The number of halogens is 1. The molecule has 2 aromatic carbocycles. The summed E-state index contributed by atoms with van der Waals surface area (Å²) in [4.78, 5) is 6.79. The molecule has 0 amide bonds. The maximum absolute atomic E-state index is 13.5. The van der Waals surface area contributed by atoms with Crippen molar-refractivity contribution in [3.05, 3.63) is 47.3 Å². The lowest BCUT2D eigenvalue weighted by Crippen LogP contribution is -2.43. The Hall–Kier alpha value is -2.40. The molecule has 1 fully saturated rings. The molecule has 2 heterocycles. The monoisotopic (exact) mass is 311 g/mol. The molecule has 1 N–H and O–H groups in total. The largest absolute Gasteiger partial charge is 0.454 e. The van der Waals surface area contributed by atoms with Crippen molar-refractivity contribution in [3.8, 4) is 11.5 Å². The number of fused-ring (bicyclic) bond motifs is 2. The first-order valence-electron chi connectivity index (χ1n) is 7.83. The summed E-state index contributed by atoms with van der Waals surface area (Å²) in [5.41, 5.74) is 3.64. The molecule has 0 bridgehead atoms. The van der Waals surface area contributed by atoms with E-state index in [1.807, 2.05) is 6.92 Å². The van der Waals surface area contributed by atoms with Crippen molar-refractivity contribution in [3.63, 3.8) is 0 Å². The Morgan fingerprint density at radius 3 is 2.83 bits per heavy atom. The average Bonchev–Trinajstić information content (AvgIpc) is 2.76. The highest BCUT2D eigenvalue weighted by molar-refractivity contribution is 5.95. The van der Waals surface area contributed by atoms with Gasteiger partial charge in [0.25, 0.3) is 0 Å². The number of nitrogens with zero attached hydrogens (tertiary/aromatic N) is 2. The Kier molecular flexibility index (Phi) is 3.50. The molecule has 0 unspecified atom stereocenters. The van der Waals surface area contributed by atoms with Gasteiger partial charge < -0.3 is 15.0 Å². The first kappa shape index (κ1) is 14.2. The van der Waals surface area contributed by atoms with E-state index >= 15 is 0 Å². The minimum atomic E-state index is -0.311. The van der Waals surface area contributed by atoms with Gasteiger partial charge in [0.2, 0.25) is 0 Å². The predicted octanol–water partition coefficient (Wildman–Crippen LogP) is 3.40. The second kappa shape index (κ2) is 5.66. The summed E-state index contributed by atoms with van der Waals surface area (Å²) in [7, 11) is 0. The molecular formula is C18H18FN3O. The van der Waals surface area contributed by atoms with E-state index < -0.39 is 0 Å². The molecule has 0 radical (unpaired) electrons. The van der Waals surface area contributed by atoms with E-state index in [-0.39, 0.29) is 5.82 Å². The van der Waals surface area contributed by atoms with Gasteiger partial charge in [0.15, 0.2) is 5.75 Å². The van der Waals surface area contributed by atoms with E-state index in [0.717, 1.165) is 48.7 Å². The van der Waals surface area contributed by atoms with Crippen LogP contribution in [0.15, 0.2) is 35.3 Å². The minimum absolute atomic E-state index is 0.311. The summed E-state index contributed by atoms with van der Waals surface area (Å²) < 4.78 is 19.5. The summed E-state index contributed by atoms with van der Waals surface area (Å²) >= 11 is 0. The topological polar surface area (TPSA) is 36.9 Å². The molecule has 2 aliphatic heterocycles. The fraction of sp³-hybridized carbons (Fsp3) is 0.278. The van der Waals surface area contributed by atoms with Crippen molar-refractivity contribution < 1.29 is 9.13 Å². The van der Waals surface area contributed by atoms with Crippen LogP contribution in [0.5, 0.6) is 11.5 Å². The number of ether oxygens (including phenoxy) is 1. The molecule has 2 aliphatic rings. The summed E-state index contributed by atoms with van der Waals surface area (Å²) in [6, 6.07) is 8.62. The number of rotatable bonds is 1. The minimum Gasteiger partial charge on any atom is -0.454 e. The number of nitrogens with one attached hydrogen (secondary N) is 1. The van der Waals surface area contributed by atoms with Crippen LogP contribution in [0.25, 0.3) is 0 Å².